The molecule has 4 atom stereocenters. The molecular weight excluding hydrogens is 642 g/mol. The maximum Gasteiger partial charge on any atom is 0.243 e. The van der Waals surface area contributed by atoms with Gasteiger partial charge in [-0.2, -0.15) is 4.31 Å². The van der Waals surface area contributed by atoms with Gasteiger partial charge in [0, 0.05) is 51.9 Å². The molecule has 2 aliphatic rings. The maximum atomic E-state index is 14.0. The molecule has 10 nitrogen and oxygen atoms in total. The molecule has 1 fully saturated rings. The first-order valence-corrected chi connectivity index (χ1v) is 18.9. The predicted molar refractivity (Wildman–Crippen MR) is 192 cm³/mol. The average Bonchev–Trinajstić information content (AvgIpc) is 3.11. The highest BCUT2D eigenvalue weighted by atomic mass is 32.2. The van der Waals surface area contributed by atoms with Crippen molar-refractivity contribution >= 4 is 15.7 Å². The Morgan fingerprint density at radius 2 is 1.78 bits per heavy atom. The summed E-state index contributed by atoms with van der Waals surface area (Å²) in [6.07, 6.45) is 1.10. The van der Waals surface area contributed by atoms with Crippen LogP contribution >= 0.6 is 0 Å². The zero-order chi connectivity index (χ0) is 34.8. The monoisotopic (exact) mass is 695 g/mol. The first-order chi connectivity index (χ1) is 23.7. The fourth-order valence-electron chi connectivity index (χ4n) is 6.67. The van der Waals surface area contributed by atoms with Crippen LogP contribution in [0.15, 0.2) is 71.6 Å². The number of ether oxygens (including phenoxy) is 5. The summed E-state index contributed by atoms with van der Waals surface area (Å²) >= 11 is 0. The third-order valence-corrected chi connectivity index (χ3v) is 11.3. The Morgan fingerprint density at radius 3 is 2.49 bits per heavy atom. The number of nitrogens with two attached hydrogens (primary N) is 1. The van der Waals surface area contributed by atoms with E-state index in [2.05, 4.69) is 35.2 Å². The second-order valence-electron chi connectivity index (χ2n) is 13.0. The first kappa shape index (κ1) is 37.2. The highest BCUT2D eigenvalue weighted by Crippen LogP contribution is 2.38. The topological polar surface area (TPSA) is 113 Å². The third-order valence-electron chi connectivity index (χ3n) is 9.35. The smallest absolute Gasteiger partial charge is 0.243 e. The summed E-state index contributed by atoms with van der Waals surface area (Å²) in [6, 6.07) is 21.1. The number of anilines is 1. The van der Waals surface area contributed by atoms with Gasteiger partial charge < -0.3 is 34.3 Å². The van der Waals surface area contributed by atoms with Crippen molar-refractivity contribution in [3.63, 3.8) is 0 Å². The zero-order valence-corrected chi connectivity index (χ0v) is 30.2. The molecule has 2 heterocycles. The molecule has 3 aromatic carbocycles. The fraction of sp³-hybridized carbons (Fsp3) is 0.526. The molecule has 2 aliphatic heterocycles. The quantitative estimate of drug-likeness (QED) is 0.189. The third kappa shape index (κ3) is 9.61. The van der Waals surface area contributed by atoms with Crippen LogP contribution < -0.4 is 15.4 Å². The molecule has 0 amide bonds. The second kappa shape index (κ2) is 17.8. The van der Waals surface area contributed by atoms with Crippen molar-refractivity contribution in [1.82, 2.24) is 4.31 Å². The second-order valence-corrected chi connectivity index (χ2v) is 14.9. The van der Waals surface area contributed by atoms with Crippen molar-refractivity contribution in [3.05, 3.63) is 89.0 Å². The molecule has 0 radical (unpaired) electrons. The van der Waals surface area contributed by atoms with Crippen LogP contribution in [-0.2, 0) is 42.2 Å². The van der Waals surface area contributed by atoms with Gasteiger partial charge >= 0.3 is 0 Å². The van der Waals surface area contributed by atoms with Gasteiger partial charge in [0.15, 0.2) is 0 Å². The molecule has 11 heteroatoms. The van der Waals surface area contributed by atoms with Crippen molar-refractivity contribution in [2.75, 3.05) is 64.6 Å². The molecule has 0 bridgehead atoms. The van der Waals surface area contributed by atoms with Crippen molar-refractivity contribution in [3.8, 4) is 5.75 Å². The highest BCUT2D eigenvalue weighted by Gasteiger charge is 2.42. The normalized spacial score (nSPS) is 20.5. The summed E-state index contributed by atoms with van der Waals surface area (Å²) in [7, 11) is -2.09. The van der Waals surface area contributed by atoms with Crippen LogP contribution in [0, 0.1) is 6.92 Å². The van der Waals surface area contributed by atoms with Crippen molar-refractivity contribution < 1.29 is 32.1 Å². The number of aryl methyl sites for hydroxylation is 1. The fourth-order valence-corrected chi connectivity index (χ4v) is 8.33. The summed E-state index contributed by atoms with van der Waals surface area (Å²) < 4.78 is 59.0. The Labute approximate surface area is 292 Å². The molecule has 0 spiro atoms. The average molecular weight is 696 g/mol. The molecule has 0 aromatic heterocycles. The minimum absolute atomic E-state index is 0.0399. The molecule has 5 rings (SSSR count). The van der Waals surface area contributed by atoms with E-state index >= 15 is 0 Å². The molecule has 0 aliphatic carbocycles. The van der Waals surface area contributed by atoms with E-state index < -0.39 is 16.1 Å². The van der Waals surface area contributed by atoms with E-state index in [1.54, 1.807) is 23.5 Å². The van der Waals surface area contributed by atoms with Crippen molar-refractivity contribution in [2.24, 2.45) is 5.73 Å². The number of nitrogens with zero attached hydrogens (tertiary/aromatic N) is 2. The Balaban J connectivity index is 1.37. The lowest BCUT2D eigenvalue weighted by Crippen LogP contribution is -2.54. The molecule has 268 valence electrons. The number of sulfonamides is 1. The number of piperidine rings is 1. The zero-order valence-electron chi connectivity index (χ0n) is 29.4. The summed E-state index contributed by atoms with van der Waals surface area (Å²) in [5.74, 6) is 0.804. The number of rotatable bonds is 17. The lowest BCUT2D eigenvalue weighted by molar-refractivity contribution is -0.0187. The summed E-state index contributed by atoms with van der Waals surface area (Å²) in [5.41, 5.74) is 11.5. The number of methoxy groups -OCH3 is 1. The molecular formula is C38H53N3O7S. The van der Waals surface area contributed by atoms with Gasteiger partial charge in [-0.15, -0.1) is 0 Å². The molecule has 2 N–H and O–H groups in total. The molecule has 0 unspecified atom stereocenters. The lowest BCUT2D eigenvalue weighted by Gasteiger charge is -2.43. The van der Waals surface area contributed by atoms with Crippen LogP contribution in [0.1, 0.15) is 54.9 Å². The van der Waals surface area contributed by atoms with E-state index in [0.29, 0.717) is 46.1 Å². The van der Waals surface area contributed by atoms with Gasteiger partial charge in [0.05, 0.1) is 49.2 Å². The van der Waals surface area contributed by atoms with Gasteiger partial charge in [0.2, 0.25) is 10.0 Å². The minimum Gasteiger partial charge on any atom is -0.490 e. The van der Waals surface area contributed by atoms with Gasteiger partial charge in [-0.05, 0) is 74.6 Å². The highest BCUT2D eigenvalue weighted by molar-refractivity contribution is 7.89. The number of fused-ring (bicyclic) bond motifs is 1. The van der Waals surface area contributed by atoms with Crippen molar-refractivity contribution in [1.29, 1.82) is 0 Å². The van der Waals surface area contributed by atoms with Crippen LogP contribution in [0.3, 0.4) is 0 Å². The minimum atomic E-state index is -3.81. The summed E-state index contributed by atoms with van der Waals surface area (Å²) in [5, 5.41) is 0. The Hall–Kier alpha value is -3.03. The standard InChI is InChI=1S/C38H53N3O7S/c1-5-46-29(3)25-45-26-30-9-12-32(13-10-30)35-22-33(23-39)41(49(42,43)34-14-7-28(2)8-15-34)24-38(35)48-27-31-11-16-37-36(21-31)40(18-20-47-37)17-6-19-44-4/h7-16,21,29,33,35,38H,5-6,17-20,22-27,39H2,1-4H3/t29-,33-,35-,38+/m1/s1. The van der Waals surface area contributed by atoms with E-state index in [0.717, 1.165) is 53.2 Å². The van der Waals surface area contributed by atoms with Gasteiger partial charge in [-0.25, -0.2) is 8.42 Å². The predicted octanol–water partition coefficient (Wildman–Crippen LogP) is 5.26. The van der Waals surface area contributed by atoms with Crippen LogP contribution in [0.5, 0.6) is 5.75 Å². The van der Waals surface area contributed by atoms with Crippen LogP contribution in [0.2, 0.25) is 0 Å². The lowest BCUT2D eigenvalue weighted by atomic mass is 9.84. The van der Waals surface area contributed by atoms with E-state index in [1.165, 1.54) is 0 Å². The van der Waals surface area contributed by atoms with Gasteiger partial charge in [-0.3, -0.25) is 0 Å². The molecule has 49 heavy (non-hydrogen) atoms. The van der Waals surface area contributed by atoms with Gasteiger partial charge in [-0.1, -0.05) is 48.0 Å². The van der Waals surface area contributed by atoms with Crippen molar-refractivity contribution in [2.45, 2.75) is 75.9 Å². The van der Waals surface area contributed by atoms with E-state index in [-0.39, 0.29) is 36.0 Å². The molecule has 3 aromatic rings. The van der Waals surface area contributed by atoms with Crippen LogP contribution in [-0.4, -0.2) is 90.7 Å². The maximum absolute atomic E-state index is 14.0. The SMILES string of the molecule is CCO[C@H](C)COCc1ccc([C@H]2C[C@H](CN)N(S(=O)(=O)c3ccc(C)cc3)C[C@@H]2OCc2ccc3c(c2)N(CCCOC)CCO3)cc1. The van der Waals surface area contributed by atoms with Crippen LogP contribution in [0.25, 0.3) is 0 Å². The molecule has 1 saturated heterocycles. The number of hydrogen-bond donors (Lipinski definition) is 1. The number of hydrogen-bond acceptors (Lipinski definition) is 9. The molecule has 0 saturated carbocycles. The first-order valence-electron chi connectivity index (χ1n) is 17.4. The Kier molecular flexibility index (Phi) is 13.5. The van der Waals surface area contributed by atoms with Crippen LogP contribution in [0.4, 0.5) is 5.69 Å². The van der Waals surface area contributed by atoms with Gasteiger partial charge in [0.25, 0.3) is 0 Å². The van der Waals surface area contributed by atoms with Gasteiger partial charge in [0.1, 0.15) is 12.4 Å². The summed E-state index contributed by atoms with van der Waals surface area (Å²) in [6.45, 7) is 11.4. The largest absolute Gasteiger partial charge is 0.490 e. The van der Waals surface area contributed by atoms with E-state index in [9.17, 15) is 8.42 Å². The van der Waals surface area contributed by atoms with E-state index in [4.69, 9.17) is 29.4 Å². The summed E-state index contributed by atoms with van der Waals surface area (Å²) in [4.78, 5) is 2.59. The van der Waals surface area contributed by atoms with E-state index in [1.807, 2.05) is 45.0 Å². The Morgan fingerprint density at radius 1 is 1.02 bits per heavy atom. The number of benzene rings is 3. The Bertz CT molecular complexity index is 1570.